The van der Waals surface area contributed by atoms with E-state index in [9.17, 15) is 4.79 Å². The molecular weight excluding hydrogens is 282 g/mol. The first-order valence-corrected chi connectivity index (χ1v) is 7.15. The van der Waals surface area contributed by atoms with E-state index in [1.807, 2.05) is 50.1 Å². The van der Waals surface area contributed by atoms with Crippen LogP contribution in [-0.2, 0) is 16.1 Å². The van der Waals surface area contributed by atoms with Crippen LogP contribution in [0.5, 0.6) is 0 Å². The van der Waals surface area contributed by atoms with E-state index in [1.165, 1.54) is 7.11 Å². The lowest BCUT2D eigenvalue weighted by Crippen LogP contribution is -2.29. The normalized spacial score (nSPS) is 12.4. The fourth-order valence-electron chi connectivity index (χ4n) is 2.25. The van der Waals surface area contributed by atoms with Crippen LogP contribution in [0.3, 0.4) is 0 Å². The maximum absolute atomic E-state index is 11.4. The number of benzene rings is 1. The zero-order valence-corrected chi connectivity index (χ0v) is 13.4. The van der Waals surface area contributed by atoms with Crippen molar-refractivity contribution in [3.8, 4) is 11.5 Å². The molecule has 0 amide bonds. The maximum atomic E-state index is 11.4. The second kappa shape index (κ2) is 7.17. The SMILES string of the molecule is COC(=O)C(C)CN(C)Cc1nnc(-c2cccc(C)c2)o1. The highest BCUT2D eigenvalue weighted by Gasteiger charge is 2.17. The molecule has 1 atom stereocenters. The van der Waals surface area contributed by atoms with Gasteiger partial charge in [0.15, 0.2) is 0 Å². The van der Waals surface area contributed by atoms with Crippen LogP contribution < -0.4 is 0 Å². The van der Waals surface area contributed by atoms with Gasteiger partial charge in [-0.3, -0.25) is 9.69 Å². The average Bonchev–Trinajstić information content (AvgIpc) is 2.94. The molecule has 0 N–H and O–H groups in total. The zero-order chi connectivity index (χ0) is 16.1. The van der Waals surface area contributed by atoms with E-state index < -0.39 is 0 Å². The molecule has 2 aromatic rings. The van der Waals surface area contributed by atoms with Crippen molar-refractivity contribution in [2.45, 2.75) is 20.4 Å². The third kappa shape index (κ3) is 4.14. The van der Waals surface area contributed by atoms with Crippen molar-refractivity contribution >= 4 is 5.97 Å². The number of ether oxygens (including phenoxy) is 1. The molecule has 0 bridgehead atoms. The van der Waals surface area contributed by atoms with Gasteiger partial charge in [-0.15, -0.1) is 10.2 Å². The van der Waals surface area contributed by atoms with Gasteiger partial charge in [-0.25, -0.2) is 0 Å². The Kier molecular flexibility index (Phi) is 5.27. The first kappa shape index (κ1) is 16.2. The van der Waals surface area contributed by atoms with Crippen LogP contribution >= 0.6 is 0 Å². The minimum atomic E-state index is -0.224. The molecule has 2 rings (SSSR count). The van der Waals surface area contributed by atoms with E-state index in [2.05, 4.69) is 10.2 Å². The molecule has 0 fully saturated rings. The second-order valence-electron chi connectivity index (χ2n) is 5.49. The third-order valence-electron chi connectivity index (χ3n) is 3.33. The van der Waals surface area contributed by atoms with E-state index in [1.54, 1.807) is 0 Å². The summed E-state index contributed by atoms with van der Waals surface area (Å²) in [5, 5.41) is 8.14. The lowest BCUT2D eigenvalue weighted by Gasteiger charge is -2.17. The summed E-state index contributed by atoms with van der Waals surface area (Å²) in [6.45, 7) is 4.89. The number of carbonyl (C=O) groups excluding carboxylic acids is 1. The van der Waals surface area contributed by atoms with Crippen molar-refractivity contribution in [3.63, 3.8) is 0 Å². The molecule has 1 unspecified atom stereocenters. The van der Waals surface area contributed by atoms with Gasteiger partial charge in [-0.1, -0.05) is 24.6 Å². The van der Waals surface area contributed by atoms with Gasteiger partial charge in [0.2, 0.25) is 11.8 Å². The lowest BCUT2D eigenvalue weighted by molar-refractivity contribution is -0.145. The highest BCUT2D eigenvalue weighted by atomic mass is 16.5. The van der Waals surface area contributed by atoms with Gasteiger partial charge in [-0.2, -0.15) is 0 Å². The Morgan fingerprint density at radius 1 is 1.41 bits per heavy atom. The molecular formula is C16H21N3O3. The molecule has 6 nitrogen and oxygen atoms in total. The Labute approximate surface area is 130 Å². The van der Waals surface area contributed by atoms with Gasteiger partial charge in [-0.05, 0) is 26.1 Å². The van der Waals surface area contributed by atoms with Crippen molar-refractivity contribution in [1.29, 1.82) is 0 Å². The van der Waals surface area contributed by atoms with Gasteiger partial charge in [0.25, 0.3) is 0 Å². The van der Waals surface area contributed by atoms with Crippen LogP contribution in [0.15, 0.2) is 28.7 Å². The van der Waals surface area contributed by atoms with Gasteiger partial charge in [0.05, 0.1) is 19.6 Å². The molecule has 0 saturated carbocycles. The molecule has 22 heavy (non-hydrogen) atoms. The van der Waals surface area contributed by atoms with E-state index in [-0.39, 0.29) is 11.9 Å². The monoisotopic (exact) mass is 303 g/mol. The van der Waals surface area contributed by atoms with Gasteiger partial charge >= 0.3 is 5.97 Å². The molecule has 0 aliphatic heterocycles. The van der Waals surface area contributed by atoms with E-state index in [0.29, 0.717) is 24.9 Å². The summed E-state index contributed by atoms with van der Waals surface area (Å²) in [6, 6.07) is 7.91. The van der Waals surface area contributed by atoms with Crippen molar-refractivity contribution in [3.05, 3.63) is 35.7 Å². The quantitative estimate of drug-likeness (QED) is 0.763. The highest BCUT2D eigenvalue weighted by Crippen LogP contribution is 2.19. The lowest BCUT2D eigenvalue weighted by atomic mass is 10.1. The Bertz CT molecular complexity index is 639. The molecule has 0 aliphatic carbocycles. The predicted molar refractivity (Wildman–Crippen MR) is 82.0 cm³/mol. The Hall–Kier alpha value is -2.21. The van der Waals surface area contributed by atoms with Crippen LogP contribution in [0.4, 0.5) is 0 Å². The second-order valence-corrected chi connectivity index (χ2v) is 5.49. The Morgan fingerprint density at radius 2 is 2.18 bits per heavy atom. The molecule has 6 heteroatoms. The number of aromatic nitrogens is 2. The molecule has 0 saturated heterocycles. The minimum Gasteiger partial charge on any atom is -0.469 e. The van der Waals surface area contributed by atoms with Crippen molar-refractivity contribution in [2.75, 3.05) is 20.7 Å². The summed E-state index contributed by atoms with van der Waals surface area (Å²) >= 11 is 0. The van der Waals surface area contributed by atoms with E-state index >= 15 is 0 Å². The molecule has 1 aromatic carbocycles. The van der Waals surface area contributed by atoms with Crippen LogP contribution in [0.2, 0.25) is 0 Å². The number of esters is 1. The number of hydrogen-bond donors (Lipinski definition) is 0. The number of nitrogens with zero attached hydrogens (tertiary/aromatic N) is 3. The van der Waals surface area contributed by atoms with E-state index in [4.69, 9.17) is 9.15 Å². The van der Waals surface area contributed by atoms with Gasteiger partial charge in [0.1, 0.15) is 0 Å². The zero-order valence-electron chi connectivity index (χ0n) is 13.4. The molecule has 0 spiro atoms. The van der Waals surface area contributed by atoms with Crippen molar-refractivity contribution in [1.82, 2.24) is 15.1 Å². The highest BCUT2D eigenvalue weighted by molar-refractivity contribution is 5.72. The average molecular weight is 303 g/mol. The molecule has 1 heterocycles. The van der Waals surface area contributed by atoms with Gasteiger partial charge in [0, 0.05) is 12.1 Å². The first-order valence-electron chi connectivity index (χ1n) is 7.15. The summed E-state index contributed by atoms with van der Waals surface area (Å²) in [7, 11) is 3.29. The summed E-state index contributed by atoms with van der Waals surface area (Å²) < 4.78 is 10.4. The predicted octanol–water partition coefficient (Wildman–Crippen LogP) is 2.29. The number of hydrogen-bond acceptors (Lipinski definition) is 6. The molecule has 0 radical (unpaired) electrons. The van der Waals surface area contributed by atoms with Crippen LogP contribution in [-0.4, -0.2) is 41.8 Å². The van der Waals surface area contributed by atoms with Gasteiger partial charge < -0.3 is 9.15 Å². The fraction of sp³-hybridized carbons (Fsp3) is 0.438. The molecule has 0 aliphatic rings. The maximum Gasteiger partial charge on any atom is 0.309 e. The summed E-state index contributed by atoms with van der Waals surface area (Å²) in [5.74, 6) is 0.608. The number of rotatable bonds is 6. The number of methoxy groups -OCH3 is 1. The number of carbonyl (C=O) groups is 1. The summed E-state index contributed by atoms with van der Waals surface area (Å²) in [6.07, 6.45) is 0. The van der Waals surface area contributed by atoms with Crippen molar-refractivity contribution in [2.24, 2.45) is 5.92 Å². The standard InChI is InChI=1S/C16H21N3O3/c1-11-6-5-7-13(8-11)15-18-17-14(22-15)10-19(3)9-12(2)16(20)21-4/h5-8,12H,9-10H2,1-4H3. The topological polar surface area (TPSA) is 68.5 Å². The summed E-state index contributed by atoms with van der Waals surface area (Å²) in [5.41, 5.74) is 2.05. The Balaban J connectivity index is 1.98. The van der Waals surface area contributed by atoms with Crippen LogP contribution in [0.1, 0.15) is 18.4 Å². The third-order valence-corrected chi connectivity index (χ3v) is 3.33. The number of aryl methyl sites for hydroxylation is 1. The molecule has 118 valence electrons. The first-order chi connectivity index (χ1) is 10.5. The van der Waals surface area contributed by atoms with Crippen LogP contribution in [0, 0.1) is 12.8 Å². The summed E-state index contributed by atoms with van der Waals surface area (Å²) in [4.78, 5) is 13.4. The van der Waals surface area contributed by atoms with E-state index in [0.717, 1.165) is 11.1 Å². The Morgan fingerprint density at radius 3 is 2.86 bits per heavy atom. The minimum absolute atomic E-state index is 0.200. The van der Waals surface area contributed by atoms with Crippen molar-refractivity contribution < 1.29 is 13.9 Å². The molecule has 1 aromatic heterocycles. The largest absolute Gasteiger partial charge is 0.469 e. The van der Waals surface area contributed by atoms with Crippen LogP contribution in [0.25, 0.3) is 11.5 Å². The smallest absolute Gasteiger partial charge is 0.309 e. The fourth-order valence-corrected chi connectivity index (χ4v) is 2.25.